The molecule has 0 amide bonds. The Morgan fingerprint density at radius 3 is 2.15 bits per heavy atom. The summed E-state index contributed by atoms with van der Waals surface area (Å²) < 4.78 is 5.97. The molecule has 106 valence electrons. The van der Waals surface area contributed by atoms with Gasteiger partial charge < -0.3 is 10.5 Å². The molecule has 2 N–H and O–H groups in total. The molecular weight excluding hydrogens is 246 g/mol. The molecule has 0 aliphatic heterocycles. The number of hydrogen-bond acceptors (Lipinski definition) is 2. The van der Waals surface area contributed by atoms with E-state index in [0.717, 1.165) is 18.6 Å². The molecule has 20 heavy (non-hydrogen) atoms. The van der Waals surface area contributed by atoms with Gasteiger partial charge in [0.1, 0.15) is 5.75 Å². The van der Waals surface area contributed by atoms with Crippen LogP contribution in [-0.2, 0) is 12.8 Å². The number of benzene rings is 2. The molecule has 0 aliphatic rings. The lowest BCUT2D eigenvalue weighted by molar-refractivity contribution is 0.317. The van der Waals surface area contributed by atoms with Crippen molar-refractivity contribution >= 4 is 0 Å². The molecule has 0 atom stereocenters. The van der Waals surface area contributed by atoms with Gasteiger partial charge in [-0.05, 0) is 49.1 Å². The predicted molar refractivity (Wildman–Crippen MR) is 84.3 cm³/mol. The first-order chi connectivity index (χ1) is 9.70. The van der Waals surface area contributed by atoms with Crippen molar-refractivity contribution in [1.29, 1.82) is 0 Å². The second-order valence-corrected chi connectivity index (χ2v) is 5.18. The van der Waals surface area contributed by atoms with E-state index in [2.05, 4.69) is 50.2 Å². The summed E-state index contributed by atoms with van der Waals surface area (Å²) in [5.74, 6) is 1.02. The van der Waals surface area contributed by atoms with Gasteiger partial charge in [-0.3, -0.25) is 0 Å². The highest BCUT2D eigenvalue weighted by Gasteiger charge is 2.06. The molecule has 2 aromatic rings. The first kappa shape index (κ1) is 14.6. The Kier molecular flexibility index (Phi) is 5.19. The molecule has 0 aliphatic carbocycles. The van der Waals surface area contributed by atoms with Gasteiger partial charge in [0, 0.05) is 6.42 Å². The fraction of sp³-hybridized carbons (Fsp3) is 0.333. The Morgan fingerprint density at radius 1 is 0.900 bits per heavy atom. The largest absolute Gasteiger partial charge is 0.493 e. The normalized spacial score (nSPS) is 10.6. The average molecular weight is 269 g/mol. The van der Waals surface area contributed by atoms with Crippen LogP contribution in [0.15, 0.2) is 42.5 Å². The smallest absolute Gasteiger partial charge is 0.125 e. The van der Waals surface area contributed by atoms with Crippen LogP contribution < -0.4 is 10.5 Å². The van der Waals surface area contributed by atoms with Crippen molar-refractivity contribution in [3.63, 3.8) is 0 Å². The van der Waals surface area contributed by atoms with Gasteiger partial charge in [0.05, 0.1) is 6.61 Å². The van der Waals surface area contributed by atoms with E-state index in [1.807, 2.05) is 6.07 Å². The number of hydrogen-bond donors (Lipinski definition) is 1. The third-order valence-corrected chi connectivity index (χ3v) is 3.43. The maximum absolute atomic E-state index is 5.97. The maximum atomic E-state index is 5.97. The number of aryl methyl sites for hydroxylation is 2. The summed E-state index contributed by atoms with van der Waals surface area (Å²) in [6.07, 6.45) is 1.86. The number of nitrogens with two attached hydrogens (primary N) is 1. The highest BCUT2D eigenvalue weighted by molar-refractivity contribution is 5.43. The Hall–Kier alpha value is -1.80. The third-order valence-electron chi connectivity index (χ3n) is 3.43. The summed E-state index contributed by atoms with van der Waals surface area (Å²) in [5, 5.41) is 0. The second kappa shape index (κ2) is 7.11. The van der Waals surface area contributed by atoms with Crippen LogP contribution in [0.3, 0.4) is 0 Å². The summed E-state index contributed by atoms with van der Waals surface area (Å²) in [6.45, 7) is 5.60. The van der Waals surface area contributed by atoms with Crippen LogP contribution in [0, 0.1) is 13.8 Å². The van der Waals surface area contributed by atoms with Crippen LogP contribution in [0.25, 0.3) is 0 Å². The van der Waals surface area contributed by atoms with E-state index in [-0.39, 0.29) is 0 Å². The van der Waals surface area contributed by atoms with Crippen LogP contribution in [-0.4, -0.2) is 13.2 Å². The predicted octanol–water partition coefficient (Wildman–Crippen LogP) is 3.43. The summed E-state index contributed by atoms with van der Waals surface area (Å²) in [6, 6.07) is 14.8. The molecule has 0 radical (unpaired) electrons. The maximum Gasteiger partial charge on any atom is 0.125 e. The quantitative estimate of drug-likeness (QED) is 0.872. The number of rotatable bonds is 6. The van der Waals surface area contributed by atoms with Crippen molar-refractivity contribution in [3.8, 4) is 5.75 Å². The van der Waals surface area contributed by atoms with Gasteiger partial charge in [-0.1, -0.05) is 42.5 Å². The van der Waals surface area contributed by atoms with Gasteiger partial charge >= 0.3 is 0 Å². The van der Waals surface area contributed by atoms with Crippen molar-refractivity contribution in [2.24, 2.45) is 5.73 Å². The lowest BCUT2D eigenvalue weighted by atomic mass is 10.0. The fourth-order valence-electron chi connectivity index (χ4n) is 2.49. The van der Waals surface area contributed by atoms with Gasteiger partial charge in [-0.15, -0.1) is 0 Å². The zero-order valence-electron chi connectivity index (χ0n) is 12.4. The third kappa shape index (κ3) is 3.84. The summed E-state index contributed by atoms with van der Waals surface area (Å²) in [5.41, 5.74) is 10.6. The first-order valence-corrected chi connectivity index (χ1v) is 7.17. The first-order valence-electron chi connectivity index (χ1n) is 7.17. The summed E-state index contributed by atoms with van der Waals surface area (Å²) in [7, 11) is 0. The monoisotopic (exact) mass is 269 g/mol. The molecule has 0 heterocycles. The van der Waals surface area contributed by atoms with Crippen molar-refractivity contribution < 1.29 is 4.74 Å². The van der Waals surface area contributed by atoms with Gasteiger partial charge in [-0.25, -0.2) is 0 Å². The fourth-order valence-corrected chi connectivity index (χ4v) is 2.49. The standard InChI is InChI=1S/C18H23NO/c1-14-12-17(8-10-19)13-15(2)18(14)20-11-9-16-6-4-3-5-7-16/h3-7,12-13H,8-11,19H2,1-2H3. The van der Waals surface area contributed by atoms with E-state index in [0.29, 0.717) is 13.2 Å². The lowest BCUT2D eigenvalue weighted by Crippen LogP contribution is -2.06. The Labute approximate surface area is 121 Å². The van der Waals surface area contributed by atoms with Crippen LogP contribution >= 0.6 is 0 Å². The number of ether oxygens (including phenoxy) is 1. The molecule has 0 saturated heterocycles. The van der Waals surface area contributed by atoms with Crippen LogP contribution in [0.4, 0.5) is 0 Å². The van der Waals surface area contributed by atoms with E-state index in [1.54, 1.807) is 0 Å². The zero-order chi connectivity index (χ0) is 14.4. The highest BCUT2D eigenvalue weighted by atomic mass is 16.5. The second-order valence-electron chi connectivity index (χ2n) is 5.18. The average Bonchev–Trinajstić information content (AvgIpc) is 2.43. The minimum Gasteiger partial charge on any atom is -0.493 e. The van der Waals surface area contributed by atoms with Crippen LogP contribution in [0.1, 0.15) is 22.3 Å². The summed E-state index contributed by atoms with van der Waals surface area (Å²) in [4.78, 5) is 0. The van der Waals surface area contributed by atoms with E-state index < -0.39 is 0 Å². The van der Waals surface area contributed by atoms with Crippen molar-refractivity contribution in [3.05, 3.63) is 64.7 Å². The molecule has 2 rings (SSSR count). The molecule has 2 aromatic carbocycles. The SMILES string of the molecule is Cc1cc(CCN)cc(C)c1OCCc1ccccc1. The van der Waals surface area contributed by atoms with Gasteiger partial charge in [0.15, 0.2) is 0 Å². The molecular formula is C18H23NO. The Bertz CT molecular complexity index is 526. The highest BCUT2D eigenvalue weighted by Crippen LogP contribution is 2.25. The van der Waals surface area contributed by atoms with Crippen LogP contribution in [0.5, 0.6) is 5.75 Å². The van der Waals surface area contributed by atoms with Crippen molar-refractivity contribution in [2.45, 2.75) is 26.7 Å². The van der Waals surface area contributed by atoms with Gasteiger partial charge in [-0.2, -0.15) is 0 Å². The van der Waals surface area contributed by atoms with Crippen molar-refractivity contribution in [1.82, 2.24) is 0 Å². The molecule has 0 saturated carbocycles. The van der Waals surface area contributed by atoms with Gasteiger partial charge in [0.25, 0.3) is 0 Å². The topological polar surface area (TPSA) is 35.2 Å². The minimum atomic E-state index is 0.688. The van der Waals surface area contributed by atoms with Gasteiger partial charge in [0.2, 0.25) is 0 Å². The molecule has 0 bridgehead atoms. The van der Waals surface area contributed by atoms with E-state index in [9.17, 15) is 0 Å². The van der Waals surface area contributed by atoms with E-state index in [1.165, 1.54) is 22.3 Å². The Balaban J connectivity index is 1.99. The summed E-state index contributed by atoms with van der Waals surface area (Å²) >= 11 is 0. The van der Waals surface area contributed by atoms with Crippen molar-refractivity contribution in [2.75, 3.05) is 13.2 Å². The van der Waals surface area contributed by atoms with Crippen LogP contribution in [0.2, 0.25) is 0 Å². The molecule has 0 fully saturated rings. The molecule has 0 aromatic heterocycles. The lowest BCUT2D eigenvalue weighted by Gasteiger charge is -2.14. The zero-order valence-corrected chi connectivity index (χ0v) is 12.4. The van der Waals surface area contributed by atoms with E-state index in [4.69, 9.17) is 10.5 Å². The minimum absolute atomic E-state index is 0.688. The van der Waals surface area contributed by atoms with E-state index >= 15 is 0 Å². The Morgan fingerprint density at radius 2 is 1.55 bits per heavy atom. The molecule has 2 nitrogen and oxygen atoms in total. The molecule has 2 heteroatoms. The molecule has 0 spiro atoms. The molecule has 0 unspecified atom stereocenters.